The lowest BCUT2D eigenvalue weighted by atomic mass is 10.2. The molecule has 0 aromatic rings. The molecule has 0 unspecified atom stereocenters. The van der Waals surface area contributed by atoms with Crippen molar-refractivity contribution in [3.05, 3.63) is 0 Å². The molecular weight excluding hydrogens is 202 g/mol. The summed E-state index contributed by atoms with van der Waals surface area (Å²) in [6, 6.07) is 0.503. The fourth-order valence-electron chi connectivity index (χ4n) is 1.90. The lowest BCUT2D eigenvalue weighted by Gasteiger charge is -2.11. The molecule has 3 nitrogen and oxygen atoms in total. The molecule has 0 bridgehead atoms. The predicted octanol–water partition coefficient (Wildman–Crippen LogP) is 2.35. The van der Waals surface area contributed by atoms with Gasteiger partial charge in [-0.2, -0.15) is 0 Å². The van der Waals surface area contributed by atoms with Gasteiger partial charge in [-0.05, 0) is 19.3 Å². The predicted molar refractivity (Wildman–Crippen MR) is 66.8 cm³/mol. The van der Waals surface area contributed by atoms with Crippen molar-refractivity contribution < 1.29 is 9.47 Å². The van der Waals surface area contributed by atoms with Gasteiger partial charge < -0.3 is 14.8 Å². The molecule has 0 aromatic carbocycles. The van der Waals surface area contributed by atoms with Gasteiger partial charge >= 0.3 is 0 Å². The Labute approximate surface area is 99.9 Å². The SMILES string of the molecule is CCCCOC[C@@H]1C[C@@H](OCCCC)CN1. The van der Waals surface area contributed by atoms with Gasteiger partial charge in [0.15, 0.2) is 0 Å². The summed E-state index contributed by atoms with van der Waals surface area (Å²) >= 11 is 0. The van der Waals surface area contributed by atoms with Crippen molar-refractivity contribution in [3.63, 3.8) is 0 Å². The van der Waals surface area contributed by atoms with Crippen molar-refractivity contribution >= 4 is 0 Å². The van der Waals surface area contributed by atoms with E-state index in [1.165, 1.54) is 25.7 Å². The van der Waals surface area contributed by atoms with E-state index in [1.807, 2.05) is 0 Å². The highest BCUT2D eigenvalue weighted by Crippen LogP contribution is 2.11. The fraction of sp³-hybridized carbons (Fsp3) is 1.00. The van der Waals surface area contributed by atoms with Gasteiger partial charge in [0.05, 0.1) is 12.7 Å². The van der Waals surface area contributed by atoms with Crippen molar-refractivity contribution in [2.24, 2.45) is 0 Å². The molecule has 16 heavy (non-hydrogen) atoms. The van der Waals surface area contributed by atoms with E-state index in [4.69, 9.17) is 9.47 Å². The van der Waals surface area contributed by atoms with Gasteiger partial charge in [-0.25, -0.2) is 0 Å². The first-order valence-electron chi connectivity index (χ1n) is 6.79. The maximum Gasteiger partial charge on any atom is 0.0715 e. The van der Waals surface area contributed by atoms with Crippen LogP contribution in [0, 0.1) is 0 Å². The van der Waals surface area contributed by atoms with E-state index >= 15 is 0 Å². The second-order valence-corrected chi connectivity index (χ2v) is 4.62. The third-order valence-corrected chi connectivity index (χ3v) is 2.99. The highest BCUT2D eigenvalue weighted by molar-refractivity contribution is 4.82. The number of hydrogen-bond donors (Lipinski definition) is 1. The average molecular weight is 229 g/mol. The van der Waals surface area contributed by atoms with Crippen LogP contribution in [-0.4, -0.2) is 38.5 Å². The normalized spacial score (nSPS) is 25.1. The first kappa shape index (κ1) is 13.9. The van der Waals surface area contributed by atoms with E-state index in [-0.39, 0.29) is 0 Å². The van der Waals surface area contributed by atoms with Gasteiger partial charge in [-0.3, -0.25) is 0 Å². The van der Waals surface area contributed by atoms with Crippen LogP contribution in [0.25, 0.3) is 0 Å². The van der Waals surface area contributed by atoms with Gasteiger partial charge in [0.25, 0.3) is 0 Å². The molecule has 1 saturated heterocycles. The molecule has 1 aliphatic rings. The summed E-state index contributed by atoms with van der Waals surface area (Å²) in [5.74, 6) is 0. The van der Waals surface area contributed by atoms with Crippen LogP contribution in [-0.2, 0) is 9.47 Å². The number of ether oxygens (including phenoxy) is 2. The summed E-state index contributed by atoms with van der Waals surface area (Å²) in [5, 5.41) is 3.46. The molecule has 0 spiro atoms. The molecule has 3 heteroatoms. The Kier molecular flexibility index (Phi) is 7.81. The molecule has 0 saturated carbocycles. The standard InChI is InChI=1S/C13H27NO2/c1-3-5-7-15-11-12-9-13(10-14-12)16-8-6-4-2/h12-14H,3-11H2,1-2H3/t12-,13+/m0/s1. The zero-order valence-electron chi connectivity index (χ0n) is 10.8. The number of hydrogen-bond acceptors (Lipinski definition) is 3. The van der Waals surface area contributed by atoms with Gasteiger partial charge in [-0.15, -0.1) is 0 Å². The maximum absolute atomic E-state index is 5.78. The summed E-state index contributed by atoms with van der Waals surface area (Å²) in [6.45, 7) is 8.02. The number of unbranched alkanes of at least 4 members (excludes halogenated alkanes) is 2. The minimum absolute atomic E-state index is 0.409. The summed E-state index contributed by atoms with van der Waals surface area (Å²) < 4.78 is 11.4. The van der Waals surface area contributed by atoms with Crippen molar-refractivity contribution in [1.29, 1.82) is 0 Å². The van der Waals surface area contributed by atoms with Crippen molar-refractivity contribution in [2.75, 3.05) is 26.4 Å². The van der Waals surface area contributed by atoms with Crippen LogP contribution in [0.5, 0.6) is 0 Å². The van der Waals surface area contributed by atoms with Crippen LogP contribution in [0.4, 0.5) is 0 Å². The van der Waals surface area contributed by atoms with Crippen LogP contribution in [0.1, 0.15) is 46.0 Å². The van der Waals surface area contributed by atoms with E-state index < -0.39 is 0 Å². The second-order valence-electron chi connectivity index (χ2n) is 4.62. The maximum atomic E-state index is 5.78. The first-order valence-corrected chi connectivity index (χ1v) is 6.79. The lowest BCUT2D eigenvalue weighted by Crippen LogP contribution is -2.26. The van der Waals surface area contributed by atoms with Crippen LogP contribution in [0.15, 0.2) is 0 Å². The zero-order valence-corrected chi connectivity index (χ0v) is 10.8. The minimum atomic E-state index is 0.409. The Balaban J connectivity index is 1.97. The van der Waals surface area contributed by atoms with Gasteiger partial charge in [0, 0.05) is 25.8 Å². The lowest BCUT2D eigenvalue weighted by molar-refractivity contribution is 0.0579. The molecule has 1 fully saturated rings. The fourth-order valence-corrected chi connectivity index (χ4v) is 1.90. The monoisotopic (exact) mass is 229 g/mol. The molecule has 0 amide bonds. The summed E-state index contributed by atoms with van der Waals surface area (Å²) in [5.41, 5.74) is 0. The Morgan fingerprint density at radius 3 is 2.62 bits per heavy atom. The van der Waals surface area contributed by atoms with Gasteiger partial charge in [0.2, 0.25) is 0 Å². The van der Waals surface area contributed by atoms with E-state index in [0.717, 1.165) is 32.8 Å². The van der Waals surface area contributed by atoms with Crippen LogP contribution in [0.3, 0.4) is 0 Å². The Bertz CT molecular complexity index is 164. The molecular formula is C13H27NO2. The highest BCUT2D eigenvalue weighted by Gasteiger charge is 2.24. The van der Waals surface area contributed by atoms with Crippen molar-refractivity contribution in [1.82, 2.24) is 5.32 Å². The topological polar surface area (TPSA) is 30.5 Å². The summed E-state index contributed by atoms with van der Waals surface area (Å²) in [6.07, 6.45) is 6.28. The molecule has 96 valence electrons. The molecule has 0 radical (unpaired) electrons. The Morgan fingerprint density at radius 2 is 1.88 bits per heavy atom. The third-order valence-electron chi connectivity index (χ3n) is 2.99. The summed E-state index contributed by atoms with van der Waals surface area (Å²) in [7, 11) is 0. The first-order chi connectivity index (χ1) is 7.86. The molecule has 1 N–H and O–H groups in total. The molecule has 1 aliphatic heterocycles. The zero-order chi connectivity index (χ0) is 11.6. The van der Waals surface area contributed by atoms with Crippen LogP contribution < -0.4 is 5.32 Å². The highest BCUT2D eigenvalue weighted by atomic mass is 16.5. The van der Waals surface area contributed by atoms with Gasteiger partial charge in [-0.1, -0.05) is 26.7 Å². The third kappa shape index (κ3) is 5.83. The van der Waals surface area contributed by atoms with E-state index in [1.54, 1.807) is 0 Å². The second kappa shape index (κ2) is 8.97. The van der Waals surface area contributed by atoms with Crippen LogP contribution in [0.2, 0.25) is 0 Å². The molecule has 2 atom stereocenters. The minimum Gasteiger partial charge on any atom is -0.380 e. The van der Waals surface area contributed by atoms with Gasteiger partial charge in [0.1, 0.15) is 0 Å². The average Bonchev–Trinajstić information content (AvgIpc) is 2.73. The quantitative estimate of drug-likeness (QED) is 0.616. The molecule has 0 aliphatic carbocycles. The van der Waals surface area contributed by atoms with Crippen LogP contribution >= 0.6 is 0 Å². The Morgan fingerprint density at radius 1 is 1.12 bits per heavy atom. The Hall–Kier alpha value is -0.120. The van der Waals surface area contributed by atoms with Crippen molar-refractivity contribution in [2.45, 2.75) is 58.1 Å². The number of rotatable bonds is 9. The van der Waals surface area contributed by atoms with E-state index in [2.05, 4.69) is 19.2 Å². The molecule has 1 rings (SSSR count). The number of nitrogens with one attached hydrogen (secondary N) is 1. The molecule has 0 aromatic heterocycles. The van der Waals surface area contributed by atoms with E-state index in [9.17, 15) is 0 Å². The largest absolute Gasteiger partial charge is 0.380 e. The molecule has 1 heterocycles. The smallest absolute Gasteiger partial charge is 0.0715 e. The summed E-state index contributed by atoms with van der Waals surface area (Å²) in [4.78, 5) is 0. The van der Waals surface area contributed by atoms with Crippen molar-refractivity contribution in [3.8, 4) is 0 Å². The van der Waals surface area contributed by atoms with E-state index in [0.29, 0.717) is 12.1 Å².